The maximum absolute atomic E-state index is 8.71. The zero-order valence-corrected chi connectivity index (χ0v) is 11.4. The van der Waals surface area contributed by atoms with Crippen molar-refractivity contribution in [3.8, 4) is 6.07 Å². The highest BCUT2D eigenvalue weighted by atomic mass is 35.5. The van der Waals surface area contributed by atoms with Gasteiger partial charge in [0.1, 0.15) is 11.6 Å². The van der Waals surface area contributed by atoms with Gasteiger partial charge in [-0.3, -0.25) is 0 Å². The fraction of sp³-hybridized carbons (Fsp3) is 0.154. The van der Waals surface area contributed by atoms with Crippen molar-refractivity contribution in [1.29, 1.82) is 5.26 Å². The zero-order valence-electron chi connectivity index (χ0n) is 9.90. The molecule has 1 aromatic carbocycles. The van der Waals surface area contributed by atoms with Crippen molar-refractivity contribution in [1.82, 2.24) is 9.97 Å². The first-order valence-electron chi connectivity index (χ1n) is 5.60. The van der Waals surface area contributed by atoms with Crippen molar-refractivity contribution in [2.24, 2.45) is 0 Å². The van der Waals surface area contributed by atoms with Gasteiger partial charge in [-0.05, 0) is 24.1 Å². The first-order valence-corrected chi connectivity index (χ1v) is 6.35. The Morgan fingerprint density at radius 2 is 2.16 bits per heavy atom. The summed E-state index contributed by atoms with van der Waals surface area (Å²) in [6.07, 6.45) is 2.19. The van der Waals surface area contributed by atoms with Crippen LogP contribution in [0.5, 0.6) is 0 Å². The molecule has 0 saturated carbocycles. The van der Waals surface area contributed by atoms with Crippen LogP contribution in [-0.4, -0.2) is 16.5 Å². The summed E-state index contributed by atoms with van der Waals surface area (Å²) in [6, 6.07) is 9.57. The van der Waals surface area contributed by atoms with Gasteiger partial charge in [-0.1, -0.05) is 35.3 Å². The summed E-state index contributed by atoms with van der Waals surface area (Å²) in [5.74, 6) is 0.408. The van der Waals surface area contributed by atoms with E-state index in [-0.39, 0.29) is 10.7 Å². The van der Waals surface area contributed by atoms with E-state index in [0.717, 1.165) is 17.0 Å². The molecule has 1 N–H and O–H groups in total. The molecule has 0 aliphatic heterocycles. The summed E-state index contributed by atoms with van der Waals surface area (Å²) in [4.78, 5) is 7.99. The predicted molar refractivity (Wildman–Crippen MR) is 75.4 cm³/mol. The van der Waals surface area contributed by atoms with Crippen LogP contribution < -0.4 is 5.32 Å². The summed E-state index contributed by atoms with van der Waals surface area (Å²) in [6.45, 7) is 0.655. The van der Waals surface area contributed by atoms with E-state index >= 15 is 0 Å². The van der Waals surface area contributed by atoms with Gasteiger partial charge in [0, 0.05) is 11.6 Å². The first-order chi connectivity index (χ1) is 9.19. The van der Waals surface area contributed by atoms with Crippen molar-refractivity contribution >= 4 is 29.2 Å². The topological polar surface area (TPSA) is 61.6 Å². The van der Waals surface area contributed by atoms with E-state index in [1.54, 1.807) is 0 Å². The maximum Gasteiger partial charge on any atom is 0.224 e. The maximum atomic E-state index is 8.71. The number of rotatable bonds is 4. The monoisotopic (exact) mass is 292 g/mol. The molecule has 96 valence electrons. The third-order valence-corrected chi connectivity index (χ3v) is 2.97. The third kappa shape index (κ3) is 3.82. The molecule has 0 radical (unpaired) electrons. The van der Waals surface area contributed by atoms with Crippen LogP contribution in [0.25, 0.3) is 0 Å². The lowest BCUT2D eigenvalue weighted by Crippen LogP contribution is -2.08. The molecular weight excluding hydrogens is 283 g/mol. The Morgan fingerprint density at radius 1 is 1.32 bits per heavy atom. The van der Waals surface area contributed by atoms with E-state index in [9.17, 15) is 0 Å². The fourth-order valence-electron chi connectivity index (χ4n) is 1.53. The first kappa shape index (κ1) is 13.6. The molecular formula is C13H10Cl2N4. The van der Waals surface area contributed by atoms with Gasteiger partial charge in [-0.15, -0.1) is 0 Å². The Kier molecular flexibility index (Phi) is 4.56. The van der Waals surface area contributed by atoms with Gasteiger partial charge >= 0.3 is 0 Å². The number of halogens is 2. The third-order valence-electron chi connectivity index (χ3n) is 2.45. The Hall–Kier alpha value is -1.83. The lowest BCUT2D eigenvalue weighted by Gasteiger charge is -2.05. The van der Waals surface area contributed by atoms with Crippen molar-refractivity contribution < 1.29 is 0 Å². The SMILES string of the molecule is N#Cc1cnc(NCCc2cccc(Cl)c2)nc1Cl. The number of anilines is 1. The minimum Gasteiger partial charge on any atom is -0.354 e. The summed E-state index contributed by atoms with van der Waals surface area (Å²) in [7, 11) is 0. The second-order valence-electron chi connectivity index (χ2n) is 3.82. The van der Waals surface area contributed by atoms with Crippen LogP contribution in [0.3, 0.4) is 0 Å². The minimum absolute atomic E-state index is 0.155. The molecule has 4 nitrogen and oxygen atoms in total. The summed E-state index contributed by atoms with van der Waals surface area (Å²) in [5.41, 5.74) is 1.39. The summed E-state index contributed by atoms with van der Waals surface area (Å²) >= 11 is 11.7. The van der Waals surface area contributed by atoms with Crippen LogP contribution in [0.1, 0.15) is 11.1 Å². The molecule has 6 heteroatoms. The van der Waals surface area contributed by atoms with Crippen LogP contribution >= 0.6 is 23.2 Å². The highest BCUT2D eigenvalue weighted by Gasteiger charge is 2.03. The summed E-state index contributed by atoms with van der Waals surface area (Å²) in [5, 5.41) is 12.6. The molecule has 2 aromatic rings. The lowest BCUT2D eigenvalue weighted by atomic mass is 10.1. The molecule has 0 atom stereocenters. The number of aromatic nitrogens is 2. The van der Waals surface area contributed by atoms with Gasteiger partial charge < -0.3 is 5.32 Å². The highest BCUT2D eigenvalue weighted by molar-refractivity contribution is 6.30. The van der Waals surface area contributed by atoms with E-state index in [4.69, 9.17) is 28.5 Å². The molecule has 1 aromatic heterocycles. The predicted octanol–water partition coefficient (Wildman–Crippen LogP) is 3.31. The van der Waals surface area contributed by atoms with Crippen LogP contribution in [-0.2, 0) is 6.42 Å². The van der Waals surface area contributed by atoms with Crippen LogP contribution in [0.15, 0.2) is 30.5 Å². The molecule has 19 heavy (non-hydrogen) atoms. The summed E-state index contributed by atoms with van der Waals surface area (Å²) < 4.78 is 0. The number of nitriles is 1. The Labute approximate surface area is 121 Å². The molecule has 0 amide bonds. The second-order valence-corrected chi connectivity index (χ2v) is 4.61. The van der Waals surface area contributed by atoms with Crippen LogP contribution in [0.4, 0.5) is 5.95 Å². The standard InChI is InChI=1S/C13H10Cl2N4/c14-11-3-1-2-9(6-11)4-5-17-13-18-8-10(7-16)12(15)19-13/h1-3,6,8H,4-5H2,(H,17,18,19). The normalized spacial score (nSPS) is 9.95. The fourth-order valence-corrected chi connectivity index (χ4v) is 1.92. The van der Waals surface area contributed by atoms with E-state index in [1.807, 2.05) is 30.3 Å². The molecule has 0 fully saturated rings. The van der Waals surface area contributed by atoms with Gasteiger partial charge in [0.25, 0.3) is 0 Å². The van der Waals surface area contributed by atoms with Gasteiger partial charge in [0.15, 0.2) is 5.15 Å². The minimum atomic E-state index is 0.155. The van der Waals surface area contributed by atoms with E-state index in [0.29, 0.717) is 12.5 Å². The number of nitrogens with zero attached hydrogens (tertiary/aromatic N) is 3. The Bertz CT molecular complexity index is 622. The van der Waals surface area contributed by atoms with Gasteiger partial charge in [-0.25, -0.2) is 4.98 Å². The number of nitrogens with one attached hydrogen (secondary N) is 1. The molecule has 2 rings (SSSR count). The molecule has 0 bridgehead atoms. The Morgan fingerprint density at radius 3 is 2.84 bits per heavy atom. The van der Waals surface area contributed by atoms with Gasteiger partial charge in [0.05, 0.1) is 6.20 Å². The number of benzene rings is 1. The molecule has 1 heterocycles. The van der Waals surface area contributed by atoms with E-state index in [2.05, 4.69) is 15.3 Å². The van der Waals surface area contributed by atoms with Gasteiger partial charge in [-0.2, -0.15) is 10.2 Å². The van der Waals surface area contributed by atoms with Crippen LogP contribution in [0, 0.1) is 11.3 Å². The van der Waals surface area contributed by atoms with Crippen molar-refractivity contribution in [3.05, 3.63) is 51.8 Å². The number of hydrogen-bond acceptors (Lipinski definition) is 4. The highest BCUT2D eigenvalue weighted by Crippen LogP contribution is 2.13. The molecule has 0 aliphatic rings. The quantitative estimate of drug-likeness (QED) is 0.878. The number of hydrogen-bond donors (Lipinski definition) is 1. The van der Waals surface area contributed by atoms with Crippen molar-refractivity contribution in [2.45, 2.75) is 6.42 Å². The van der Waals surface area contributed by atoms with Crippen molar-refractivity contribution in [3.63, 3.8) is 0 Å². The lowest BCUT2D eigenvalue weighted by molar-refractivity contribution is 0.982. The Balaban J connectivity index is 1.93. The molecule has 0 spiro atoms. The van der Waals surface area contributed by atoms with E-state index in [1.165, 1.54) is 6.20 Å². The van der Waals surface area contributed by atoms with Crippen LogP contribution in [0.2, 0.25) is 10.2 Å². The average Bonchev–Trinajstić information content (AvgIpc) is 2.39. The smallest absolute Gasteiger partial charge is 0.224 e. The largest absolute Gasteiger partial charge is 0.354 e. The van der Waals surface area contributed by atoms with Gasteiger partial charge in [0.2, 0.25) is 5.95 Å². The average molecular weight is 293 g/mol. The zero-order chi connectivity index (χ0) is 13.7. The van der Waals surface area contributed by atoms with Crippen molar-refractivity contribution in [2.75, 3.05) is 11.9 Å². The second kappa shape index (κ2) is 6.37. The molecule has 0 unspecified atom stereocenters. The van der Waals surface area contributed by atoms with E-state index < -0.39 is 0 Å². The molecule has 0 aliphatic carbocycles. The molecule has 0 saturated heterocycles.